The van der Waals surface area contributed by atoms with Gasteiger partial charge in [0.2, 0.25) is 0 Å². The summed E-state index contributed by atoms with van der Waals surface area (Å²) in [4.78, 5) is 37.6. The van der Waals surface area contributed by atoms with Gasteiger partial charge in [-0.25, -0.2) is 4.79 Å². The smallest absolute Gasteiger partial charge is 0.361 e. The van der Waals surface area contributed by atoms with Gasteiger partial charge in [0, 0.05) is 12.8 Å². The first-order valence-corrected chi connectivity index (χ1v) is 35.3. The van der Waals surface area contributed by atoms with E-state index in [1.807, 2.05) is 21.1 Å². The van der Waals surface area contributed by atoms with E-state index in [9.17, 15) is 19.5 Å². The van der Waals surface area contributed by atoms with Crippen LogP contribution >= 0.6 is 0 Å². The van der Waals surface area contributed by atoms with E-state index in [1.54, 1.807) is 0 Å². The predicted octanol–water partition coefficient (Wildman–Crippen LogP) is 21.9. The number of allylic oxidation sites excluding steroid dienone is 14. The molecule has 0 fully saturated rings. The summed E-state index contributed by atoms with van der Waals surface area (Å²) in [5.41, 5.74) is 0. The number of carboxylic acid groups (broad SMARTS) is 1. The standard InChI is InChI=1S/C75H133NO8/c1-6-8-10-12-14-16-18-20-22-24-26-28-30-32-34-35-36-37-38-39-40-42-44-46-48-50-52-54-56-58-60-62-64-66-73(78)84-71(70-83-75(74(79)80)81-68-67-76(3,4)5)69-82-72(77)65-63-61-59-57-55-53-51-49-47-45-43-41-33-31-29-27-25-23-21-19-17-15-13-11-9-7-2/h8,10,14,16,20,22,26,28,32,34,36-37,39-40,71,75H,6-7,9,11-13,15,17-19,21,23-25,27,29-31,33,35,38,41-70H2,1-5H3/p+1/b10-8-,16-14-,22-20-,28-26-,34-32-,37-36-,40-39-. The highest BCUT2D eigenvalue weighted by Gasteiger charge is 2.25. The molecule has 0 aromatic heterocycles. The lowest BCUT2D eigenvalue weighted by atomic mass is 10.0. The zero-order valence-electron chi connectivity index (χ0n) is 55.6. The number of carbonyl (C=O) groups is 3. The molecule has 0 aliphatic heterocycles. The predicted molar refractivity (Wildman–Crippen MR) is 359 cm³/mol. The van der Waals surface area contributed by atoms with Crippen molar-refractivity contribution < 1.29 is 42.9 Å². The van der Waals surface area contributed by atoms with Crippen LogP contribution in [-0.4, -0.2) is 87.4 Å². The quantitative estimate of drug-likeness (QED) is 0.0211. The minimum absolute atomic E-state index is 0.182. The first kappa shape index (κ1) is 80.5. The van der Waals surface area contributed by atoms with Crippen molar-refractivity contribution in [3.05, 3.63) is 85.1 Å². The van der Waals surface area contributed by atoms with Crippen LogP contribution in [0.1, 0.15) is 316 Å². The number of hydrogen-bond donors (Lipinski definition) is 1. The molecule has 0 heterocycles. The monoisotopic (exact) mass is 1180 g/mol. The number of carbonyl (C=O) groups excluding carboxylic acids is 2. The fourth-order valence-corrected chi connectivity index (χ4v) is 10.1. The number of rotatable bonds is 65. The van der Waals surface area contributed by atoms with Gasteiger partial charge in [0.05, 0.1) is 34.4 Å². The maximum absolute atomic E-state index is 12.9. The van der Waals surface area contributed by atoms with Crippen molar-refractivity contribution in [2.24, 2.45) is 0 Å². The fraction of sp³-hybridized carbons (Fsp3) is 0.773. The molecule has 9 heteroatoms. The molecule has 0 aromatic carbocycles. The lowest BCUT2D eigenvalue weighted by Crippen LogP contribution is -2.40. The molecule has 0 aliphatic carbocycles. The fourth-order valence-electron chi connectivity index (χ4n) is 10.1. The van der Waals surface area contributed by atoms with Crippen LogP contribution in [0, 0.1) is 0 Å². The van der Waals surface area contributed by atoms with Crippen molar-refractivity contribution in [1.29, 1.82) is 0 Å². The average Bonchev–Trinajstić information content (AvgIpc) is 3.51. The first-order chi connectivity index (χ1) is 41.1. The van der Waals surface area contributed by atoms with Gasteiger partial charge >= 0.3 is 17.9 Å². The van der Waals surface area contributed by atoms with Crippen molar-refractivity contribution in [2.45, 2.75) is 328 Å². The molecular weight excluding hydrogens is 1040 g/mol. The minimum Gasteiger partial charge on any atom is -0.477 e. The van der Waals surface area contributed by atoms with E-state index in [2.05, 4.69) is 98.9 Å². The summed E-state index contributed by atoms with van der Waals surface area (Å²) in [7, 11) is 5.98. The van der Waals surface area contributed by atoms with E-state index < -0.39 is 24.3 Å². The van der Waals surface area contributed by atoms with Gasteiger partial charge in [-0.1, -0.05) is 317 Å². The third-order valence-corrected chi connectivity index (χ3v) is 15.4. The second-order valence-electron chi connectivity index (χ2n) is 24.8. The Labute approximate surface area is 519 Å². The Balaban J connectivity index is 4.12. The van der Waals surface area contributed by atoms with Gasteiger partial charge < -0.3 is 28.5 Å². The summed E-state index contributed by atoms with van der Waals surface area (Å²) in [5, 5.41) is 9.75. The third kappa shape index (κ3) is 66.0. The van der Waals surface area contributed by atoms with Gasteiger partial charge in [0.1, 0.15) is 13.2 Å². The van der Waals surface area contributed by atoms with E-state index in [1.165, 1.54) is 193 Å². The number of hydrogen-bond acceptors (Lipinski definition) is 7. The highest BCUT2D eigenvalue weighted by atomic mass is 16.7. The molecule has 0 bridgehead atoms. The molecule has 486 valence electrons. The minimum atomic E-state index is -1.51. The zero-order valence-corrected chi connectivity index (χ0v) is 55.6. The number of ether oxygens (including phenoxy) is 4. The van der Waals surface area contributed by atoms with Gasteiger partial charge in [-0.15, -0.1) is 0 Å². The van der Waals surface area contributed by atoms with Crippen LogP contribution in [0.25, 0.3) is 0 Å². The van der Waals surface area contributed by atoms with Crippen molar-refractivity contribution in [2.75, 3.05) is 47.5 Å². The molecule has 0 amide bonds. The van der Waals surface area contributed by atoms with E-state index in [4.69, 9.17) is 18.9 Å². The molecule has 0 saturated carbocycles. The van der Waals surface area contributed by atoms with Crippen LogP contribution in [0.3, 0.4) is 0 Å². The third-order valence-electron chi connectivity index (χ3n) is 15.4. The van der Waals surface area contributed by atoms with Crippen LogP contribution in [0.4, 0.5) is 0 Å². The number of carboxylic acids is 1. The van der Waals surface area contributed by atoms with Crippen LogP contribution < -0.4 is 0 Å². The lowest BCUT2D eigenvalue weighted by Gasteiger charge is -2.25. The number of unbranched alkanes of at least 4 members (excludes halogenated alkanes) is 36. The lowest BCUT2D eigenvalue weighted by molar-refractivity contribution is -0.870. The Morgan fingerprint density at radius 1 is 0.369 bits per heavy atom. The van der Waals surface area contributed by atoms with E-state index >= 15 is 0 Å². The molecule has 84 heavy (non-hydrogen) atoms. The summed E-state index contributed by atoms with van der Waals surface area (Å²) in [5.74, 6) is -1.99. The normalized spacial score (nSPS) is 13.2. The van der Waals surface area contributed by atoms with Gasteiger partial charge in [0.25, 0.3) is 6.29 Å². The van der Waals surface area contributed by atoms with Gasteiger partial charge in [0.15, 0.2) is 6.10 Å². The van der Waals surface area contributed by atoms with Gasteiger partial charge in [-0.2, -0.15) is 0 Å². The van der Waals surface area contributed by atoms with Gasteiger partial charge in [-0.3, -0.25) is 9.59 Å². The van der Waals surface area contributed by atoms with Crippen molar-refractivity contribution in [1.82, 2.24) is 0 Å². The molecule has 0 radical (unpaired) electrons. The molecular formula is C75H134NO8+. The van der Waals surface area contributed by atoms with Crippen LogP contribution in [0.15, 0.2) is 85.1 Å². The largest absolute Gasteiger partial charge is 0.477 e. The van der Waals surface area contributed by atoms with E-state index in [0.717, 1.165) is 89.9 Å². The Hall–Kier alpha value is -3.53. The molecule has 2 unspecified atom stereocenters. The highest BCUT2D eigenvalue weighted by molar-refractivity contribution is 5.71. The molecule has 0 saturated heterocycles. The topological polar surface area (TPSA) is 108 Å². The number of nitrogens with zero attached hydrogens (tertiary/aromatic N) is 1. The second-order valence-corrected chi connectivity index (χ2v) is 24.8. The van der Waals surface area contributed by atoms with Crippen molar-refractivity contribution >= 4 is 17.9 Å². The van der Waals surface area contributed by atoms with Crippen LogP contribution in [-0.2, 0) is 33.3 Å². The Bertz CT molecular complexity index is 1650. The molecule has 0 aliphatic rings. The summed E-state index contributed by atoms with van der Waals surface area (Å²) < 4.78 is 23.0. The zero-order chi connectivity index (χ0) is 61.2. The summed E-state index contributed by atoms with van der Waals surface area (Å²) in [6.07, 6.45) is 85.5. The summed E-state index contributed by atoms with van der Waals surface area (Å²) >= 11 is 0. The highest BCUT2D eigenvalue weighted by Crippen LogP contribution is 2.18. The molecule has 2 atom stereocenters. The van der Waals surface area contributed by atoms with E-state index in [0.29, 0.717) is 23.9 Å². The van der Waals surface area contributed by atoms with E-state index in [-0.39, 0.29) is 32.2 Å². The Kier molecular flexibility index (Phi) is 62.7. The maximum Gasteiger partial charge on any atom is 0.361 e. The van der Waals surface area contributed by atoms with Crippen LogP contribution in [0.5, 0.6) is 0 Å². The number of aliphatic carboxylic acids is 1. The molecule has 0 aromatic rings. The second kappa shape index (κ2) is 65.4. The molecule has 1 N–H and O–H groups in total. The number of quaternary nitrogens is 1. The van der Waals surface area contributed by atoms with Gasteiger partial charge in [-0.05, 0) is 70.6 Å². The average molecular weight is 1180 g/mol. The SMILES string of the molecule is CC/C=C\C/C=C\C/C=C\C/C=C\C/C=C\C/C=C\C/C=C\CCCCCCCCCCCCCC(=O)OC(COC(=O)CCCCCCCCCCCCCCCCCCCCCCCCCCCC)COC(OCC[N+](C)(C)C)C(=O)O. The Morgan fingerprint density at radius 2 is 0.679 bits per heavy atom. The van der Waals surface area contributed by atoms with Crippen molar-refractivity contribution in [3.8, 4) is 0 Å². The summed E-state index contributed by atoms with van der Waals surface area (Å²) in [6, 6.07) is 0. The van der Waals surface area contributed by atoms with Crippen LogP contribution in [0.2, 0.25) is 0 Å². The number of likely N-dealkylation sites (N-methyl/N-ethyl adjacent to an activating group) is 1. The maximum atomic E-state index is 12.9. The summed E-state index contributed by atoms with van der Waals surface area (Å²) in [6.45, 7) is 4.80. The van der Waals surface area contributed by atoms with Crippen molar-refractivity contribution in [3.63, 3.8) is 0 Å². The Morgan fingerprint density at radius 3 is 1.01 bits per heavy atom. The molecule has 9 nitrogen and oxygen atoms in total. The molecule has 0 spiro atoms. The number of esters is 2. The first-order valence-electron chi connectivity index (χ1n) is 35.3. The molecule has 0 rings (SSSR count).